The Kier molecular flexibility index (Phi) is 5.89. The molecule has 0 atom stereocenters. The topological polar surface area (TPSA) is 79.4 Å². The molecule has 4 rings (SSSR count). The molecule has 0 aliphatic carbocycles. The number of aliphatic hydroxyl groups is 1. The van der Waals surface area contributed by atoms with Crippen molar-refractivity contribution in [2.75, 3.05) is 12.3 Å². The normalized spacial score (nSPS) is 11.5. The summed E-state index contributed by atoms with van der Waals surface area (Å²) in [5, 5.41) is 12.0. The highest BCUT2D eigenvalue weighted by Crippen LogP contribution is 2.38. The largest absolute Gasteiger partial charge is 0.427 e. The summed E-state index contributed by atoms with van der Waals surface area (Å²) in [5.74, 6) is 0. The lowest BCUT2D eigenvalue weighted by atomic mass is 10.0. The highest BCUT2D eigenvalue weighted by atomic mass is 32.1. The summed E-state index contributed by atoms with van der Waals surface area (Å²) in [4.78, 5) is 17.6. The second-order valence-corrected chi connectivity index (χ2v) is 10.8. The number of benzene rings is 1. The molecule has 0 amide bonds. The zero-order valence-corrected chi connectivity index (χ0v) is 17.9. The number of fused-ring (bicyclic) bond motifs is 1. The Balaban J connectivity index is 1.87. The quantitative estimate of drug-likeness (QED) is 0.306. The molecule has 4 aromatic rings. The Bertz CT molecular complexity index is 1070. The van der Waals surface area contributed by atoms with Crippen molar-refractivity contribution in [3.8, 4) is 21.7 Å². The second-order valence-electron chi connectivity index (χ2n) is 6.55. The van der Waals surface area contributed by atoms with E-state index < -0.39 is 9.04 Å². The van der Waals surface area contributed by atoms with Crippen molar-refractivity contribution in [2.24, 2.45) is 0 Å². The average molecular weight is 426 g/mol. The minimum absolute atomic E-state index is 0.154. The summed E-state index contributed by atoms with van der Waals surface area (Å²) in [6, 6.07) is 17.1. The van der Waals surface area contributed by atoms with E-state index in [1.54, 1.807) is 11.3 Å². The number of nitrogen functional groups attached to an aromatic ring is 1. The van der Waals surface area contributed by atoms with E-state index in [2.05, 4.69) is 24.3 Å². The molecule has 0 unspecified atom stereocenters. The van der Waals surface area contributed by atoms with Crippen LogP contribution in [0.4, 0.5) is 5.69 Å². The molecular weight excluding hydrogens is 404 g/mol. The molecule has 4 N–H and O–H groups in total. The molecule has 0 spiro atoms. The van der Waals surface area contributed by atoms with Crippen LogP contribution in [0.1, 0.15) is 12.8 Å². The molecule has 7 heteroatoms. The third-order valence-electron chi connectivity index (χ3n) is 4.64. The van der Waals surface area contributed by atoms with Crippen LogP contribution in [0.5, 0.6) is 0 Å². The zero-order chi connectivity index (χ0) is 19.5. The Morgan fingerprint density at radius 1 is 1.07 bits per heavy atom. The minimum Gasteiger partial charge on any atom is -0.427 e. The van der Waals surface area contributed by atoms with Gasteiger partial charge in [-0.25, -0.2) is 4.98 Å². The summed E-state index contributed by atoms with van der Waals surface area (Å²) in [6.45, 7) is 0.154. The fourth-order valence-electron chi connectivity index (χ4n) is 3.25. The standard InChI is InChI=1S/C21H21N2O2S2Si/c22-19-18-15(14-7-2-1-3-8-14)13-16(17-9-6-11-26-17)23-20(18)27-21(19)28(25)12-5-4-10-24/h1-3,6-9,11,13,24-25H,4-5,10,12,22H2. The molecule has 1 aromatic carbocycles. The van der Waals surface area contributed by atoms with E-state index in [-0.39, 0.29) is 6.61 Å². The van der Waals surface area contributed by atoms with Gasteiger partial charge in [-0.3, -0.25) is 0 Å². The molecule has 0 saturated carbocycles. The van der Waals surface area contributed by atoms with Gasteiger partial charge in [0.1, 0.15) is 4.83 Å². The average Bonchev–Trinajstić information content (AvgIpc) is 3.37. The van der Waals surface area contributed by atoms with Crippen molar-refractivity contribution in [1.82, 2.24) is 4.98 Å². The van der Waals surface area contributed by atoms with Gasteiger partial charge in [0.2, 0.25) is 0 Å². The first-order chi connectivity index (χ1) is 13.7. The van der Waals surface area contributed by atoms with Gasteiger partial charge < -0.3 is 15.6 Å². The zero-order valence-electron chi connectivity index (χ0n) is 15.3. The fourth-order valence-corrected chi connectivity index (χ4v) is 7.12. The maximum absolute atomic E-state index is 10.8. The van der Waals surface area contributed by atoms with Gasteiger partial charge in [-0.15, -0.1) is 22.7 Å². The fraction of sp³-hybridized carbons (Fsp3) is 0.190. The van der Waals surface area contributed by atoms with E-state index >= 15 is 0 Å². The molecule has 28 heavy (non-hydrogen) atoms. The summed E-state index contributed by atoms with van der Waals surface area (Å²) in [5.41, 5.74) is 10.3. The molecule has 3 aromatic heterocycles. The lowest BCUT2D eigenvalue weighted by Crippen LogP contribution is -2.29. The predicted octanol–water partition coefficient (Wildman–Crippen LogP) is 4.24. The molecule has 0 aliphatic heterocycles. The van der Waals surface area contributed by atoms with Crippen LogP contribution in [0, 0.1) is 0 Å². The number of unbranched alkanes of at least 4 members (excludes halogenated alkanes) is 1. The van der Waals surface area contributed by atoms with E-state index in [4.69, 9.17) is 15.8 Å². The Hall–Kier alpha value is -2.03. The second kappa shape index (κ2) is 8.55. The summed E-state index contributed by atoms with van der Waals surface area (Å²) in [7, 11) is -1.75. The van der Waals surface area contributed by atoms with Gasteiger partial charge in [0.15, 0.2) is 0 Å². The maximum atomic E-state index is 10.8. The first kappa shape index (κ1) is 19.3. The molecule has 0 fully saturated rings. The monoisotopic (exact) mass is 425 g/mol. The van der Waals surface area contributed by atoms with Crippen LogP contribution < -0.4 is 10.2 Å². The van der Waals surface area contributed by atoms with Gasteiger partial charge in [0.05, 0.1) is 16.3 Å². The number of aromatic nitrogens is 1. The number of rotatable bonds is 7. The van der Waals surface area contributed by atoms with Crippen molar-refractivity contribution in [3.05, 3.63) is 53.9 Å². The van der Waals surface area contributed by atoms with Gasteiger partial charge in [-0.1, -0.05) is 42.8 Å². The van der Waals surface area contributed by atoms with Gasteiger partial charge in [-0.2, -0.15) is 0 Å². The number of hydrogen-bond acceptors (Lipinski definition) is 6. The molecule has 0 bridgehead atoms. The smallest absolute Gasteiger partial charge is 0.256 e. The van der Waals surface area contributed by atoms with Crippen LogP contribution in [0.25, 0.3) is 31.9 Å². The van der Waals surface area contributed by atoms with Crippen LogP contribution in [-0.4, -0.2) is 30.5 Å². The first-order valence-corrected chi connectivity index (χ1v) is 12.5. The summed E-state index contributed by atoms with van der Waals surface area (Å²) >= 11 is 3.18. The number of aliphatic hydroxyl groups excluding tert-OH is 1. The molecule has 0 aliphatic rings. The third kappa shape index (κ3) is 3.76. The molecule has 3 heterocycles. The van der Waals surface area contributed by atoms with Crippen molar-refractivity contribution in [1.29, 1.82) is 0 Å². The molecule has 4 nitrogen and oxygen atoms in total. The third-order valence-corrected chi connectivity index (χ3v) is 9.08. The maximum Gasteiger partial charge on any atom is 0.256 e. The number of hydrogen-bond donors (Lipinski definition) is 3. The van der Waals surface area contributed by atoms with E-state index in [9.17, 15) is 4.80 Å². The number of thiophene rings is 2. The van der Waals surface area contributed by atoms with Crippen molar-refractivity contribution in [2.45, 2.75) is 18.9 Å². The highest BCUT2D eigenvalue weighted by molar-refractivity contribution is 7.29. The van der Waals surface area contributed by atoms with E-state index in [1.165, 1.54) is 11.3 Å². The Labute approximate surface area is 173 Å². The van der Waals surface area contributed by atoms with Gasteiger partial charge in [0, 0.05) is 16.5 Å². The van der Waals surface area contributed by atoms with Crippen molar-refractivity contribution >= 4 is 52.1 Å². The van der Waals surface area contributed by atoms with Crippen LogP contribution in [0.3, 0.4) is 0 Å². The SMILES string of the molecule is Nc1c([Si](O)CCCCO)sc2nc(-c3cccs3)cc(-c3ccccc3)c12. The molecule has 143 valence electrons. The Morgan fingerprint density at radius 2 is 1.89 bits per heavy atom. The van der Waals surface area contributed by atoms with Crippen LogP contribution in [0.15, 0.2) is 53.9 Å². The first-order valence-electron chi connectivity index (χ1n) is 9.17. The van der Waals surface area contributed by atoms with Gasteiger partial charge in [0.25, 0.3) is 9.04 Å². The minimum atomic E-state index is -1.75. The van der Waals surface area contributed by atoms with Crippen LogP contribution >= 0.6 is 22.7 Å². The van der Waals surface area contributed by atoms with Gasteiger partial charge in [-0.05, 0) is 41.1 Å². The number of nitrogens with two attached hydrogens (primary N) is 1. The van der Waals surface area contributed by atoms with E-state index in [1.807, 2.05) is 29.6 Å². The molecular formula is C21H21N2O2S2Si. The van der Waals surface area contributed by atoms with E-state index in [0.717, 1.165) is 42.8 Å². The summed E-state index contributed by atoms with van der Waals surface area (Å²) < 4.78 is 0.867. The molecule has 0 saturated heterocycles. The highest BCUT2D eigenvalue weighted by Gasteiger charge is 2.23. The number of anilines is 1. The molecule has 1 radical (unpaired) electrons. The van der Waals surface area contributed by atoms with Crippen molar-refractivity contribution in [3.63, 3.8) is 0 Å². The van der Waals surface area contributed by atoms with Gasteiger partial charge >= 0.3 is 0 Å². The van der Waals surface area contributed by atoms with Crippen molar-refractivity contribution < 1.29 is 9.90 Å². The lowest BCUT2D eigenvalue weighted by Gasteiger charge is -2.08. The summed E-state index contributed by atoms with van der Waals surface area (Å²) in [6.07, 6.45) is 1.50. The Morgan fingerprint density at radius 3 is 2.61 bits per heavy atom. The van der Waals surface area contributed by atoms with Crippen LogP contribution in [-0.2, 0) is 0 Å². The predicted molar refractivity (Wildman–Crippen MR) is 122 cm³/mol. The number of pyridine rings is 1. The van der Waals surface area contributed by atoms with E-state index in [0.29, 0.717) is 18.2 Å². The van der Waals surface area contributed by atoms with Crippen LogP contribution in [0.2, 0.25) is 6.04 Å². The number of nitrogens with zero attached hydrogens (tertiary/aromatic N) is 1. The lowest BCUT2D eigenvalue weighted by molar-refractivity contribution is 0.286.